The smallest absolute Gasteiger partial charge is 0.292 e. The van der Waals surface area contributed by atoms with Gasteiger partial charge in [0.1, 0.15) is 24.0 Å². The molecule has 0 unspecified atom stereocenters. The number of benzene rings is 1. The topological polar surface area (TPSA) is 64.4 Å². The summed E-state index contributed by atoms with van der Waals surface area (Å²) in [5, 5.41) is 2.64. The van der Waals surface area contributed by atoms with Crippen LogP contribution in [0.15, 0.2) is 53.1 Å². The first-order valence-electron chi connectivity index (χ1n) is 7.42. The Morgan fingerprint density at radius 2 is 2.08 bits per heavy atom. The summed E-state index contributed by atoms with van der Waals surface area (Å²) >= 11 is 0. The van der Waals surface area contributed by atoms with Crippen LogP contribution in [0, 0.1) is 18.6 Å². The van der Waals surface area contributed by atoms with Crippen LogP contribution in [0.1, 0.15) is 21.9 Å². The zero-order chi connectivity index (χ0) is 17.8. The summed E-state index contributed by atoms with van der Waals surface area (Å²) in [6.45, 7) is 1.72. The molecule has 0 spiro atoms. The fourth-order valence-electron chi connectivity index (χ4n) is 2.10. The van der Waals surface area contributed by atoms with Gasteiger partial charge in [0.15, 0.2) is 17.3 Å². The quantitative estimate of drug-likeness (QED) is 0.757. The van der Waals surface area contributed by atoms with Crippen LogP contribution in [0.2, 0.25) is 0 Å². The fourth-order valence-corrected chi connectivity index (χ4v) is 2.10. The van der Waals surface area contributed by atoms with E-state index in [1.165, 1.54) is 12.1 Å². The number of hydrogen-bond donors (Lipinski definition) is 1. The molecule has 7 heteroatoms. The van der Waals surface area contributed by atoms with E-state index in [1.54, 1.807) is 18.3 Å². The lowest BCUT2D eigenvalue weighted by atomic mass is 10.3. The number of carbonyl (C=O) groups is 1. The fraction of sp³-hybridized carbons (Fsp3) is 0.111. The number of nitrogens with one attached hydrogen (secondary N) is 1. The molecule has 128 valence electrons. The summed E-state index contributed by atoms with van der Waals surface area (Å²) < 4.78 is 37.0. The number of anilines is 1. The number of aryl methyl sites for hydroxylation is 1. The van der Waals surface area contributed by atoms with Crippen LogP contribution in [-0.4, -0.2) is 10.9 Å². The number of pyridine rings is 1. The molecule has 2 aromatic heterocycles. The van der Waals surface area contributed by atoms with Gasteiger partial charge in [-0.2, -0.15) is 0 Å². The molecular formula is C18H14F2N2O3. The molecule has 0 aliphatic rings. The summed E-state index contributed by atoms with van der Waals surface area (Å²) in [6, 6.07) is 9.61. The largest absolute Gasteiger partial charge is 0.483 e. The maximum Gasteiger partial charge on any atom is 0.292 e. The molecule has 3 rings (SSSR count). The van der Waals surface area contributed by atoms with Gasteiger partial charge in [0, 0.05) is 12.3 Å². The van der Waals surface area contributed by atoms with Crippen molar-refractivity contribution < 1.29 is 22.7 Å². The highest BCUT2D eigenvalue weighted by Crippen LogP contribution is 2.20. The summed E-state index contributed by atoms with van der Waals surface area (Å²) in [6.07, 6.45) is 1.57. The molecule has 0 atom stereocenters. The standard InChI is InChI=1S/C18H14F2N2O3/c1-11-3-2-8-21-17(11)22-18(23)16-7-5-13(25-16)10-24-15-6-4-12(19)9-14(15)20/h2-9H,10H2,1H3,(H,21,22,23). The number of amides is 1. The average Bonchev–Trinajstić information content (AvgIpc) is 3.05. The molecule has 0 aliphatic heterocycles. The number of furan rings is 1. The molecule has 3 aromatic rings. The molecule has 2 heterocycles. The van der Waals surface area contributed by atoms with Crippen molar-refractivity contribution in [2.24, 2.45) is 0 Å². The highest BCUT2D eigenvalue weighted by Gasteiger charge is 2.14. The number of rotatable bonds is 5. The first kappa shape index (κ1) is 16.6. The van der Waals surface area contributed by atoms with Crippen molar-refractivity contribution in [2.45, 2.75) is 13.5 Å². The van der Waals surface area contributed by atoms with Gasteiger partial charge < -0.3 is 14.5 Å². The third kappa shape index (κ3) is 4.00. The molecule has 1 aromatic carbocycles. The van der Waals surface area contributed by atoms with Gasteiger partial charge in [-0.3, -0.25) is 4.79 Å². The predicted molar refractivity (Wildman–Crippen MR) is 86.3 cm³/mol. The van der Waals surface area contributed by atoms with E-state index in [2.05, 4.69) is 10.3 Å². The lowest BCUT2D eigenvalue weighted by molar-refractivity contribution is 0.0992. The first-order chi connectivity index (χ1) is 12.0. The van der Waals surface area contributed by atoms with Gasteiger partial charge >= 0.3 is 0 Å². The monoisotopic (exact) mass is 344 g/mol. The van der Waals surface area contributed by atoms with Crippen LogP contribution >= 0.6 is 0 Å². The second-order valence-corrected chi connectivity index (χ2v) is 5.25. The predicted octanol–water partition coefficient (Wildman–Crippen LogP) is 4.09. The minimum atomic E-state index is -0.810. The van der Waals surface area contributed by atoms with Crippen LogP contribution in [0.25, 0.3) is 0 Å². The second kappa shape index (κ2) is 7.12. The van der Waals surface area contributed by atoms with Gasteiger partial charge in [-0.25, -0.2) is 13.8 Å². The molecular weight excluding hydrogens is 330 g/mol. The summed E-state index contributed by atoms with van der Waals surface area (Å²) in [5.74, 6) is -1.22. The van der Waals surface area contributed by atoms with Crippen LogP contribution < -0.4 is 10.1 Å². The molecule has 0 aliphatic carbocycles. The van der Waals surface area contributed by atoms with Crippen LogP contribution in [0.5, 0.6) is 5.75 Å². The highest BCUT2D eigenvalue weighted by molar-refractivity contribution is 6.02. The molecule has 1 amide bonds. The van der Waals surface area contributed by atoms with Crippen LogP contribution in [-0.2, 0) is 6.61 Å². The number of halogens is 2. The zero-order valence-electron chi connectivity index (χ0n) is 13.3. The molecule has 0 radical (unpaired) electrons. The number of carbonyl (C=O) groups excluding carboxylic acids is 1. The summed E-state index contributed by atoms with van der Waals surface area (Å²) in [5.41, 5.74) is 0.817. The van der Waals surface area contributed by atoms with Crippen LogP contribution in [0.4, 0.5) is 14.6 Å². The average molecular weight is 344 g/mol. The van der Waals surface area contributed by atoms with E-state index in [9.17, 15) is 13.6 Å². The maximum atomic E-state index is 13.5. The molecule has 5 nitrogen and oxygen atoms in total. The Labute approximate surface area is 142 Å². The highest BCUT2D eigenvalue weighted by atomic mass is 19.1. The number of aromatic nitrogens is 1. The Balaban J connectivity index is 1.64. The van der Waals surface area contributed by atoms with Gasteiger partial charge in [0.25, 0.3) is 5.91 Å². The van der Waals surface area contributed by atoms with Crippen molar-refractivity contribution in [1.82, 2.24) is 4.98 Å². The Morgan fingerprint density at radius 1 is 1.24 bits per heavy atom. The third-order valence-electron chi connectivity index (χ3n) is 3.39. The summed E-state index contributed by atoms with van der Waals surface area (Å²) in [7, 11) is 0. The van der Waals surface area contributed by atoms with Gasteiger partial charge in [0.05, 0.1) is 0 Å². The lowest BCUT2D eigenvalue weighted by Gasteiger charge is -2.06. The van der Waals surface area contributed by atoms with Gasteiger partial charge in [-0.1, -0.05) is 6.07 Å². The van der Waals surface area contributed by atoms with Crippen molar-refractivity contribution >= 4 is 11.7 Å². The van der Waals surface area contributed by atoms with E-state index in [0.717, 1.165) is 17.7 Å². The molecule has 0 saturated heterocycles. The van der Waals surface area contributed by atoms with Gasteiger partial charge in [-0.15, -0.1) is 0 Å². The van der Waals surface area contributed by atoms with Gasteiger partial charge in [-0.05, 0) is 42.8 Å². The SMILES string of the molecule is Cc1cccnc1NC(=O)c1ccc(COc2ccc(F)cc2F)o1. The second-order valence-electron chi connectivity index (χ2n) is 5.25. The van der Waals surface area contributed by atoms with Crippen molar-refractivity contribution in [3.63, 3.8) is 0 Å². The molecule has 25 heavy (non-hydrogen) atoms. The van der Waals surface area contributed by atoms with Crippen LogP contribution in [0.3, 0.4) is 0 Å². The maximum absolute atomic E-state index is 13.5. The molecule has 1 N–H and O–H groups in total. The minimum Gasteiger partial charge on any atom is -0.483 e. The van der Waals surface area contributed by atoms with E-state index >= 15 is 0 Å². The van der Waals surface area contributed by atoms with E-state index in [1.807, 2.05) is 13.0 Å². The van der Waals surface area contributed by atoms with Crippen molar-refractivity contribution in [3.05, 3.63) is 77.4 Å². The molecule has 0 bridgehead atoms. The lowest BCUT2D eigenvalue weighted by Crippen LogP contribution is -2.13. The number of hydrogen-bond acceptors (Lipinski definition) is 4. The normalized spacial score (nSPS) is 10.5. The van der Waals surface area contributed by atoms with Crippen molar-refractivity contribution in [2.75, 3.05) is 5.32 Å². The van der Waals surface area contributed by atoms with Crippen molar-refractivity contribution in [3.8, 4) is 5.75 Å². The number of nitrogens with zero attached hydrogens (tertiary/aromatic N) is 1. The zero-order valence-corrected chi connectivity index (χ0v) is 13.3. The Kier molecular flexibility index (Phi) is 4.74. The minimum absolute atomic E-state index is 0.0724. The third-order valence-corrected chi connectivity index (χ3v) is 3.39. The van der Waals surface area contributed by atoms with E-state index < -0.39 is 17.5 Å². The van der Waals surface area contributed by atoms with Crippen molar-refractivity contribution in [1.29, 1.82) is 0 Å². The van der Waals surface area contributed by atoms with E-state index in [4.69, 9.17) is 9.15 Å². The number of ether oxygens (including phenoxy) is 1. The molecule has 0 saturated carbocycles. The van der Waals surface area contributed by atoms with E-state index in [0.29, 0.717) is 11.6 Å². The first-order valence-corrected chi connectivity index (χ1v) is 7.42. The Morgan fingerprint density at radius 3 is 2.84 bits per heavy atom. The Hall–Kier alpha value is -3.22. The molecule has 0 fully saturated rings. The summed E-state index contributed by atoms with van der Waals surface area (Å²) in [4.78, 5) is 16.2. The van der Waals surface area contributed by atoms with E-state index in [-0.39, 0.29) is 18.1 Å². The van der Waals surface area contributed by atoms with Gasteiger partial charge in [0.2, 0.25) is 0 Å². The Bertz CT molecular complexity index is 909.